The van der Waals surface area contributed by atoms with Gasteiger partial charge in [-0.25, -0.2) is 4.98 Å². The SMILES string of the molecule is CCNC(=O)CN(C)c1cc(C(C)O)ccn1. The van der Waals surface area contributed by atoms with E-state index in [1.165, 1.54) is 0 Å². The molecule has 0 aromatic carbocycles. The standard InChI is InChI=1S/C12H19N3O2/c1-4-13-12(17)8-15(3)11-7-10(9(2)16)5-6-14-11/h5-7,9,16H,4,8H2,1-3H3,(H,13,17). The lowest BCUT2D eigenvalue weighted by Gasteiger charge is -2.18. The van der Waals surface area contributed by atoms with Crippen molar-refractivity contribution in [2.75, 3.05) is 25.0 Å². The molecule has 5 heteroatoms. The lowest BCUT2D eigenvalue weighted by molar-refractivity contribution is -0.119. The summed E-state index contributed by atoms with van der Waals surface area (Å²) in [6.45, 7) is 4.45. The molecule has 0 radical (unpaired) electrons. The number of nitrogens with zero attached hydrogens (tertiary/aromatic N) is 2. The Morgan fingerprint density at radius 2 is 2.35 bits per heavy atom. The summed E-state index contributed by atoms with van der Waals surface area (Å²) in [7, 11) is 1.80. The Bertz CT molecular complexity index is 380. The predicted octanol–water partition coefficient (Wildman–Crippen LogP) is 0.707. The molecule has 0 fully saturated rings. The van der Waals surface area contributed by atoms with E-state index in [0.29, 0.717) is 12.4 Å². The first-order chi connectivity index (χ1) is 8.04. The summed E-state index contributed by atoms with van der Waals surface area (Å²) in [4.78, 5) is 17.3. The van der Waals surface area contributed by atoms with E-state index in [1.54, 1.807) is 37.2 Å². The lowest BCUT2D eigenvalue weighted by Crippen LogP contribution is -2.35. The van der Waals surface area contributed by atoms with E-state index < -0.39 is 6.10 Å². The molecule has 0 aliphatic carbocycles. The topological polar surface area (TPSA) is 65.5 Å². The Kier molecular flexibility index (Phi) is 4.90. The van der Waals surface area contributed by atoms with Gasteiger partial charge in [-0.05, 0) is 31.5 Å². The summed E-state index contributed by atoms with van der Waals surface area (Å²) >= 11 is 0. The number of carbonyl (C=O) groups is 1. The molecule has 0 aliphatic heterocycles. The third-order valence-electron chi connectivity index (χ3n) is 2.40. The van der Waals surface area contributed by atoms with Gasteiger partial charge in [0.05, 0.1) is 12.6 Å². The molecule has 5 nitrogen and oxygen atoms in total. The number of rotatable bonds is 5. The Morgan fingerprint density at radius 3 is 2.94 bits per heavy atom. The summed E-state index contributed by atoms with van der Waals surface area (Å²) in [5.74, 6) is 0.633. The van der Waals surface area contributed by atoms with Gasteiger partial charge in [0.2, 0.25) is 5.91 Å². The number of aliphatic hydroxyl groups is 1. The van der Waals surface area contributed by atoms with Crippen LogP contribution in [-0.4, -0.2) is 36.1 Å². The average Bonchev–Trinajstić information content (AvgIpc) is 2.29. The second-order valence-electron chi connectivity index (χ2n) is 3.93. The quantitative estimate of drug-likeness (QED) is 0.791. The van der Waals surface area contributed by atoms with E-state index in [4.69, 9.17) is 0 Å². The molecule has 0 saturated heterocycles. The number of amides is 1. The molecule has 1 aromatic heterocycles. The summed E-state index contributed by atoms with van der Waals surface area (Å²) < 4.78 is 0. The number of pyridine rings is 1. The van der Waals surface area contributed by atoms with Crippen molar-refractivity contribution in [3.63, 3.8) is 0 Å². The number of nitrogens with one attached hydrogen (secondary N) is 1. The van der Waals surface area contributed by atoms with E-state index >= 15 is 0 Å². The van der Waals surface area contributed by atoms with Gasteiger partial charge in [-0.1, -0.05) is 0 Å². The molecule has 1 unspecified atom stereocenters. The maximum atomic E-state index is 11.4. The predicted molar refractivity (Wildman–Crippen MR) is 66.8 cm³/mol. The van der Waals surface area contributed by atoms with E-state index in [-0.39, 0.29) is 12.5 Å². The zero-order valence-corrected chi connectivity index (χ0v) is 10.5. The molecule has 0 saturated carbocycles. The van der Waals surface area contributed by atoms with Crippen molar-refractivity contribution in [3.05, 3.63) is 23.9 Å². The van der Waals surface area contributed by atoms with Gasteiger partial charge >= 0.3 is 0 Å². The van der Waals surface area contributed by atoms with Crippen LogP contribution in [0.3, 0.4) is 0 Å². The first-order valence-electron chi connectivity index (χ1n) is 5.66. The monoisotopic (exact) mass is 237 g/mol. The molecule has 1 heterocycles. The van der Waals surface area contributed by atoms with Gasteiger partial charge in [0.15, 0.2) is 0 Å². The first kappa shape index (κ1) is 13.4. The number of hydrogen-bond acceptors (Lipinski definition) is 4. The Labute approximate surface area is 101 Å². The maximum Gasteiger partial charge on any atom is 0.239 e. The molecule has 2 N–H and O–H groups in total. The van der Waals surface area contributed by atoms with Crippen molar-refractivity contribution in [1.82, 2.24) is 10.3 Å². The normalized spacial score (nSPS) is 12.0. The number of likely N-dealkylation sites (N-methyl/N-ethyl adjacent to an activating group) is 2. The van der Waals surface area contributed by atoms with Crippen LogP contribution < -0.4 is 10.2 Å². The third-order valence-corrected chi connectivity index (χ3v) is 2.40. The minimum Gasteiger partial charge on any atom is -0.389 e. The highest BCUT2D eigenvalue weighted by Gasteiger charge is 2.09. The molecule has 0 spiro atoms. The summed E-state index contributed by atoms with van der Waals surface area (Å²) in [5, 5.41) is 12.2. The fourth-order valence-electron chi connectivity index (χ4n) is 1.45. The number of hydrogen-bond donors (Lipinski definition) is 2. The second-order valence-corrected chi connectivity index (χ2v) is 3.93. The van der Waals surface area contributed by atoms with Crippen LogP contribution in [0.15, 0.2) is 18.3 Å². The number of aliphatic hydroxyl groups excluding tert-OH is 1. The molecule has 1 rings (SSSR count). The van der Waals surface area contributed by atoms with E-state index in [2.05, 4.69) is 10.3 Å². The molecular formula is C12H19N3O2. The van der Waals surface area contributed by atoms with Gasteiger partial charge in [0.1, 0.15) is 5.82 Å². The second kappa shape index (κ2) is 6.20. The molecule has 0 bridgehead atoms. The number of anilines is 1. The summed E-state index contributed by atoms with van der Waals surface area (Å²) in [6.07, 6.45) is 1.10. The zero-order valence-electron chi connectivity index (χ0n) is 10.5. The smallest absolute Gasteiger partial charge is 0.239 e. The van der Waals surface area contributed by atoms with Crippen molar-refractivity contribution in [1.29, 1.82) is 0 Å². The fourth-order valence-corrected chi connectivity index (χ4v) is 1.45. The van der Waals surface area contributed by atoms with Gasteiger partial charge in [0.25, 0.3) is 0 Å². The van der Waals surface area contributed by atoms with Crippen LogP contribution in [0.4, 0.5) is 5.82 Å². The van der Waals surface area contributed by atoms with Crippen LogP contribution in [0, 0.1) is 0 Å². The first-order valence-corrected chi connectivity index (χ1v) is 5.66. The largest absolute Gasteiger partial charge is 0.389 e. The van der Waals surface area contributed by atoms with Crippen LogP contribution in [-0.2, 0) is 4.79 Å². The van der Waals surface area contributed by atoms with Gasteiger partial charge in [-0.3, -0.25) is 4.79 Å². The van der Waals surface area contributed by atoms with Gasteiger partial charge in [0, 0.05) is 19.8 Å². The van der Waals surface area contributed by atoms with Crippen LogP contribution >= 0.6 is 0 Å². The van der Waals surface area contributed by atoms with Crippen molar-refractivity contribution in [3.8, 4) is 0 Å². The highest BCUT2D eigenvalue weighted by atomic mass is 16.3. The van der Waals surface area contributed by atoms with Gasteiger partial charge in [-0.2, -0.15) is 0 Å². The van der Waals surface area contributed by atoms with Crippen molar-refractivity contribution in [2.24, 2.45) is 0 Å². The van der Waals surface area contributed by atoms with E-state index in [1.807, 2.05) is 6.92 Å². The van der Waals surface area contributed by atoms with Crippen molar-refractivity contribution >= 4 is 11.7 Å². The highest BCUT2D eigenvalue weighted by molar-refractivity contribution is 5.80. The minimum absolute atomic E-state index is 0.0424. The third kappa shape index (κ3) is 4.03. The van der Waals surface area contributed by atoms with Crippen LogP contribution in [0.25, 0.3) is 0 Å². The zero-order chi connectivity index (χ0) is 12.8. The van der Waals surface area contributed by atoms with E-state index in [9.17, 15) is 9.90 Å². The van der Waals surface area contributed by atoms with Gasteiger partial charge in [-0.15, -0.1) is 0 Å². The minimum atomic E-state index is -0.533. The molecule has 1 amide bonds. The molecule has 0 aliphatic rings. The summed E-state index contributed by atoms with van der Waals surface area (Å²) in [6, 6.07) is 3.54. The van der Waals surface area contributed by atoms with Crippen molar-refractivity contribution in [2.45, 2.75) is 20.0 Å². The molecule has 1 aromatic rings. The molecular weight excluding hydrogens is 218 g/mol. The molecule has 17 heavy (non-hydrogen) atoms. The Balaban J connectivity index is 2.71. The number of aromatic nitrogens is 1. The Morgan fingerprint density at radius 1 is 1.65 bits per heavy atom. The van der Waals surface area contributed by atoms with Crippen LogP contribution in [0.5, 0.6) is 0 Å². The highest BCUT2D eigenvalue weighted by Crippen LogP contribution is 2.16. The summed E-state index contributed by atoms with van der Waals surface area (Å²) in [5.41, 5.74) is 0.790. The van der Waals surface area contributed by atoms with E-state index in [0.717, 1.165) is 5.56 Å². The lowest BCUT2D eigenvalue weighted by atomic mass is 10.2. The fraction of sp³-hybridized carbons (Fsp3) is 0.500. The van der Waals surface area contributed by atoms with Crippen LogP contribution in [0.1, 0.15) is 25.5 Å². The van der Waals surface area contributed by atoms with Crippen LogP contribution in [0.2, 0.25) is 0 Å². The number of carbonyl (C=O) groups excluding carboxylic acids is 1. The maximum absolute atomic E-state index is 11.4. The molecule has 1 atom stereocenters. The van der Waals surface area contributed by atoms with Gasteiger partial charge < -0.3 is 15.3 Å². The Hall–Kier alpha value is -1.62. The molecule has 94 valence electrons. The average molecular weight is 237 g/mol. The van der Waals surface area contributed by atoms with Crippen molar-refractivity contribution < 1.29 is 9.90 Å².